The Morgan fingerprint density at radius 2 is 2.15 bits per heavy atom. The van der Waals surface area contributed by atoms with E-state index in [0.29, 0.717) is 6.04 Å². The van der Waals surface area contributed by atoms with Crippen LogP contribution in [0, 0.1) is 6.92 Å². The van der Waals surface area contributed by atoms with Crippen LogP contribution in [-0.2, 0) is 6.54 Å². The molecule has 3 heteroatoms. The van der Waals surface area contributed by atoms with E-state index in [9.17, 15) is 0 Å². The molecule has 0 amide bonds. The van der Waals surface area contributed by atoms with E-state index in [0.717, 1.165) is 19.6 Å². The van der Waals surface area contributed by atoms with E-state index in [-0.39, 0.29) is 0 Å². The van der Waals surface area contributed by atoms with Gasteiger partial charge < -0.3 is 15.1 Å². The van der Waals surface area contributed by atoms with Gasteiger partial charge in [-0.1, -0.05) is 19.1 Å². The van der Waals surface area contributed by atoms with Gasteiger partial charge in [0.1, 0.15) is 0 Å². The van der Waals surface area contributed by atoms with Crippen molar-refractivity contribution in [2.24, 2.45) is 0 Å². The zero-order chi connectivity index (χ0) is 14.5. The number of nitrogens with one attached hydrogen (secondary N) is 1. The summed E-state index contributed by atoms with van der Waals surface area (Å²) in [5, 5.41) is 3.40. The fraction of sp³-hybridized carbons (Fsp3) is 0.647. The highest BCUT2D eigenvalue weighted by Gasteiger charge is 2.25. The number of aryl methyl sites for hydroxylation is 1. The van der Waals surface area contributed by atoms with Gasteiger partial charge in [0.2, 0.25) is 0 Å². The molecule has 1 aliphatic heterocycles. The molecule has 0 spiro atoms. The lowest BCUT2D eigenvalue weighted by molar-refractivity contribution is 0.372. The van der Waals surface area contributed by atoms with E-state index in [2.05, 4.69) is 61.3 Å². The molecule has 0 aromatic heterocycles. The zero-order valence-electron chi connectivity index (χ0n) is 13.4. The third kappa shape index (κ3) is 3.74. The fourth-order valence-corrected chi connectivity index (χ4v) is 3.18. The lowest BCUT2D eigenvalue weighted by Crippen LogP contribution is -2.37. The van der Waals surface area contributed by atoms with Crippen molar-refractivity contribution in [1.82, 2.24) is 10.2 Å². The molecule has 0 aliphatic carbocycles. The summed E-state index contributed by atoms with van der Waals surface area (Å²) in [6.45, 7) is 8.74. The highest BCUT2D eigenvalue weighted by molar-refractivity contribution is 5.56. The molecular formula is C17H29N3. The number of hydrogen-bond donors (Lipinski definition) is 1. The highest BCUT2D eigenvalue weighted by atomic mass is 15.2. The Bertz CT molecular complexity index is 428. The van der Waals surface area contributed by atoms with Crippen molar-refractivity contribution in [2.75, 3.05) is 38.6 Å². The van der Waals surface area contributed by atoms with Gasteiger partial charge >= 0.3 is 0 Å². The van der Waals surface area contributed by atoms with Gasteiger partial charge in [0, 0.05) is 31.4 Å². The van der Waals surface area contributed by atoms with Crippen LogP contribution in [0.5, 0.6) is 0 Å². The topological polar surface area (TPSA) is 18.5 Å². The Labute approximate surface area is 124 Å². The molecule has 1 heterocycles. The SMILES string of the molecule is CCNCc1ccc(N2CCCC2CN(C)C)c(C)c1. The van der Waals surface area contributed by atoms with Crippen LogP contribution in [0.2, 0.25) is 0 Å². The number of hydrogen-bond acceptors (Lipinski definition) is 3. The first-order chi connectivity index (χ1) is 9.61. The van der Waals surface area contributed by atoms with Crippen molar-refractivity contribution < 1.29 is 0 Å². The molecular weight excluding hydrogens is 246 g/mol. The van der Waals surface area contributed by atoms with E-state index in [1.165, 1.54) is 36.2 Å². The van der Waals surface area contributed by atoms with Crippen LogP contribution < -0.4 is 10.2 Å². The highest BCUT2D eigenvalue weighted by Crippen LogP contribution is 2.29. The van der Waals surface area contributed by atoms with Gasteiger partial charge in [-0.25, -0.2) is 0 Å². The lowest BCUT2D eigenvalue weighted by Gasteiger charge is -2.30. The molecule has 2 rings (SSSR count). The van der Waals surface area contributed by atoms with Crippen molar-refractivity contribution in [3.8, 4) is 0 Å². The Hall–Kier alpha value is -1.06. The summed E-state index contributed by atoms with van der Waals surface area (Å²) in [5.41, 5.74) is 4.22. The van der Waals surface area contributed by atoms with E-state index < -0.39 is 0 Å². The first kappa shape index (κ1) is 15.3. The monoisotopic (exact) mass is 275 g/mol. The molecule has 1 N–H and O–H groups in total. The molecule has 1 saturated heterocycles. The van der Waals surface area contributed by atoms with Gasteiger partial charge in [-0.15, -0.1) is 0 Å². The molecule has 3 nitrogen and oxygen atoms in total. The van der Waals surface area contributed by atoms with E-state index in [4.69, 9.17) is 0 Å². The molecule has 1 aliphatic rings. The van der Waals surface area contributed by atoms with E-state index in [1.54, 1.807) is 0 Å². The minimum Gasteiger partial charge on any atom is -0.367 e. The van der Waals surface area contributed by atoms with Crippen LogP contribution in [0.25, 0.3) is 0 Å². The third-order valence-electron chi connectivity index (χ3n) is 4.10. The average molecular weight is 275 g/mol. The van der Waals surface area contributed by atoms with Crippen LogP contribution in [0.15, 0.2) is 18.2 Å². The molecule has 0 saturated carbocycles. The minimum absolute atomic E-state index is 0.670. The van der Waals surface area contributed by atoms with Crippen molar-refractivity contribution in [2.45, 2.75) is 39.3 Å². The standard InChI is InChI=1S/C17H29N3/c1-5-18-12-15-8-9-17(14(2)11-15)20-10-6-7-16(20)13-19(3)4/h8-9,11,16,18H,5-7,10,12-13H2,1-4H3. The summed E-state index contributed by atoms with van der Waals surface area (Å²) in [6, 6.07) is 7.60. The van der Waals surface area contributed by atoms with Gasteiger partial charge in [-0.3, -0.25) is 0 Å². The van der Waals surface area contributed by atoms with Crippen molar-refractivity contribution in [3.05, 3.63) is 29.3 Å². The molecule has 0 bridgehead atoms. The first-order valence-corrected chi connectivity index (χ1v) is 7.83. The number of nitrogens with zero attached hydrogens (tertiary/aromatic N) is 2. The van der Waals surface area contributed by atoms with E-state index >= 15 is 0 Å². The molecule has 1 aromatic carbocycles. The summed E-state index contributed by atoms with van der Waals surface area (Å²) in [7, 11) is 4.34. The van der Waals surface area contributed by atoms with E-state index in [1.807, 2.05) is 0 Å². The predicted octanol–water partition coefficient (Wildman–Crippen LogP) is 2.63. The summed E-state index contributed by atoms with van der Waals surface area (Å²) in [4.78, 5) is 4.91. The second kappa shape index (κ2) is 7.09. The second-order valence-corrected chi connectivity index (χ2v) is 6.15. The molecule has 112 valence electrons. The predicted molar refractivity (Wildman–Crippen MR) is 87.5 cm³/mol. The van der Waals surface area contributed by atoms with Gasteiger partial charge in [0.15, 0.2) is 0 Å². The number of benzene rings is 1. The lowest BCUT2D eigenvalue weighted by atomic mass is 10.1. The largest absolute Gasteiger partial charge is 0.367 e. The molecule has 1 fully saturated rings. The van der Waals surface area contributed by atoms with Crippen LogP contribution in [0.1, 0.15) is 30.9 Å². The van der Waals surface area contributed by atoms with Crippen LogP contribution >= 0.6 is 0 Å². The van der Waals surface area contributed by atoms with Crippen LogP contribution in [-0.4, -0.2) is 44.7 Å². The van der Waals surface area contributed by atoms with Gasteiger partial charge in [-0.05, 0) is 57.6 Å². The molecule has 1 aromatic rings. The zero-order valence-corrected chi connectivity index (χ0v) is 13.4. The summed E-state index contributed by atoms with van der Waals surface area (Å²) in [6.07, 6.45) is 2.63. The third-order valence-corrected chi connectivity index (χ3v) is 4.10. The van der Waals surface area contributed by atoms with Crippen molar-refractivity contribution in [1.29, 1.82) is 0 Å². The summed E-state index contributed by atoms with van der Waals surface area (Å²) < 4.78 is 0. The van der Waals surface area contributed by atoms with Gasteiger partial charge in [0.05, 0.1) is 0 Å². The molecule has 1 atom stereocenters. The van der Waals surface area contributed by atoms with Crippen molar-refractivity contribution in [3.63, 3.8) is 0 Å². The summed E-state index contributed by atoms with van der Waals surface area (Å²) in [5.74, 6) is 0. The maximum Gasteiger partial charge on any atom is 0.0417 e. The molecule has 1 unspecified atom stereocenters. The Morgan fingerprint density at radius 1 is 1.35 bits per heavy atom. The average Bonchev–Trinajstić information content (AvgIpc) is 2.83. The minimum atomic E-state index is 0.670. The molecule has 20 heavy (non-hydrogen) atoms. The van der Waals surface area contributed by atoms with Gasteiger partial charge in [-0.2, -0.15) is 0 Å². The fourth-order valence-electron chi connectivity index (χ4n) is 3.18. The first-order valence-electron chi connectivity index (χ1n) is 7.83. The number of rotatable bonds is 6. The maximum atomic E-state index is 3.40. The van der Waals surface area contributed by atoms with Crippen LogP contribution in [0.4, 0.5) is 5.69 Å². The Morgan fingerprint density at radius 3 is 2.80 bits per heavy atom. The second-order valence-electron chi connectivity index (χ2n) is 6.15. The van der Waals surface area contributed by atoms with Gasteiger partial charge in [0.25, 0.3) is 0 Å². The Balaban J connectivity index is 2.11. The molecule has 0 radical (unpaired) electrons. The number of likely N-dealkylation sites (N-methyl/N-ethyl adjacent to an activating group) is 1. The maximum absolute atomic E-state index is 3.40. The number of anilines is 1. The van der Waals surface area contributed by atoms with Crippen LogP contribution in [0.3, 0.4) is 0 Å². The Kier molecular flexibility index (Phi) is 5.44. The summed E-state index contributed by atoms with van der Waals surface area (Å²) >= 11 is 0. The quantitative estimate of drug-likeness (QED) is 0.861. The smallest absolute Gasteiger partial charge is 0.0417 e. The van der Waals surface area contributed by atoms with Crippen molar-refractivity contribution >= 4 is 5.69 Å². The normalized spacial score (nSPS) is 19.1.